The molecular weight excluding hydrogens is 436 g/mol. The van der Waals surface area contributed by atoms with Crippen molar-refractivity contribution in [3.63, 3.8) is 0 Å². The van der Waals surface area contributed by atoms with Gasteiger partial charge in [0, 0.05) is 17.3 Å². The maximum atomic E-state index is 12.8. The highest BCUT2D eigenvalue weighted by atomic mass is 79.9. The summed E-state index contributed by atoms with van der Waals surface area (Å²) in [4.78, 5) is 28.2. The molecule has 0 aromatic carbocycles. The van der Waals surface area contributed by atoms with Crippen LogP contribution in [0.1, 0.15) is 39.9 Å². The molecule has 142 valence electrons. The second-order valence-electron chi connectivity index (χ2n) is 6.55. The average molecular weight is 453 g/mol. The van der Waals surface area contributed by atoms with Crippen LogP contribution in [0.3, 0.4) is 0 Å². The first kappa shape index (κ1) is 18.3. The van der Waals surface area contributed by atoms with E-state index in [0.717, 1.165) is 21.5 Å². The quantitative estimate of drug-likeness (QED) is 0.530. The predicted molar refractivity (Wildman–Crippen MR) is 103 cm³/mol. The van der Waals surface area contributed by atoms with Crippen LogP contribution in [0.4, 0.5) is 0 Å². The second kappa shape index (κ2) is 7.17. The van der Waals surface area contributed by atoms with Crippen LogP contribution < -0.4 is 5.56 Å². The van der Waals surface area contributed by atoms with E-state index < -0.39 is 5.97 Å². The van der Waals surface area contributed by atoms with Crippen LogP contribution in [-0.4, -0.2) is 40.0 Å². The third-order valence-corrected chi connectivity index (χ3v) is 5.98. The molecule has 0 bridgehead atoms. The molecule has 27 heavy (non-hydrogen) atoms. The minimum Gasteiger partial charge on any atom is -0.464 e. The van der Waals surface area contributed by atoms with Crippen molar-refractivity contribution in [2.75, 3.05) is 14.2 Å². The van der Waals surface area contributed by atoms with Crippen LogP contribution in [-0.2, 0) is 18.0 Å². The zero-order valence-corrected chi connectivity index (χ0v) is 17.2. The molecule has 0 N–H and O–H groups in total. The van der Waals surface area contributed by atoms with Crippen molar-refractivity contribution < 1.29 is 14.1 Å². The highest BCUT2D eigenvalue weighted by molar-refractivity contribution is 9.11. The fraction of sp³-hybridized carbons (Fsp3) is 0.412. The number of rotatable bonds is 6. The number of methoxy groups -OCH3 is 1. The molecule has 3 heterocycles. The number of esters is 1. The Balaban J connectivity index is 1.71. The molecule has 0 unspecified atom stereocenters. The Morgan fingerprint density at radius 2 is 2.26 bits per heavy atom. The largest absolute Gasteiger partial charge is 0.464 e. The van der Waals surface area contributed by atoms with E-state index in [4.69, 9.17) is 9.26 Å². The summed E-state index contributed by atoms with van der Waals surface area (Å²) in [6, 6.07) is 4.00. The van der Waals surface area contributed by atoms with Crippen LogP contribution in [0.5, 0.6) is 0 Å². The summed E-state index contributed by atoms with van der Waals surface area (Å²) in [6.07, 6.45) is 1.90. The number of hydrogen-bond donors (Lipinski definition) is 0. The molecule has 0 amide bonds. The normalized spacial score (nSPS) is 14.2. The topological polar surface area (TPSA) is 90.5 Å². The molecule has 0 radical (unpaired) electrons. The third kappa shape index (κ3) is 3.56. The molecule has 8 nitrogen and oxygen atoms in total. The minimum atomic E-state index is -0.608. The summed E-state index contributed by atoms with van der Waals surface area (Å²) < 4.78 is 12.5. The van der Waals surface area contributed by atoms with E-state index in [9.17, 15) is 9.59 Å². The molecule has 1 aliphatic rings. The van der Waals surface area contributed by atoms with Crippen LogP contribution >= 0.6 is 27.3 Å². The molecule has 1 saturated carbocycles. The lowest BCUT2D eigenvalue weighted by Gasteiger charge is -2.16. The van der Waals surface area contributed by atoms with E-state index in [1.807, 2.05) is 24.1 Å². The molecule has 4 rings (SSSR count). The van der Waals surface area contributed by atoms with Crippen molar-refractivity contribution >= 4 is 44.1 Å². The third-order valence-electron chi connectivity index (χ3n) is 4.37. The second-order valence-corrected chi connectivity index (χ2v) is 9.10. The summed E-state index contributed by atoms with van der Waals surface area (Å²) in [5, 5.41) is 8.60. The first-order chi connectivity index (χ1) is 13.0. The first-order valence-corrected chi connectivity index (χ1v) is 10.0. The predicted octanol–water partition coefficient (Wildman–Crippen LogP) is 2.96. The summed E-state index contributed by atoms with van der Waals surface area (Å²) in [5.41, 5.74) is -0.186. The summed E-state index contributed by atoms with van der Waals surface area (Å²) >= 11 is 5.07. The average Bonchev–Trinajstić information content (AvgIpc) is 3.26. The number of aromatic nitrogens is 3. The first-order valence-electron chi connectivity index (χ1n) is 8.39. The van der Waals surface area contributed by atoms with Crippen molar-refractivity contribution in [2.24, 2.45) is 0 Å². The van der Waals surface area contributed by atoms with Gasteiger partial charge in [-0.05, 0) is 48.0 Å². The molecule has 0 aliphatic heterocycles. The molecule has 3 aromatic rings. The Kier molecular flexibility index (Phi) is 4.87. The number of halogens is 1. The van der Waals surface area contributed by atoms with E-state index in [0.29, 0.717) is 17.7 Å². The molecular formula is C17H17BrN4O4S. The monoisotopic (exact) mass is 452 g/mol. The van der Waals surface area contributed by atoms with E-state index in [1.165, 1.54) is 11.8 Å². The van der Waals surface area contributed by atoms with E-state index in [-0.39, 0.29) is 29.4 Å². The van der Waals surface area contributed by atoms with Gasteiger partial charge in [0.1, 0.15) is 5.76 Å². The van der Waals surface area contributed by atoms with Crippen molar-refractivity contribution in [3.05, 3.63) is 42.6 Å². The summed E-state index contributed by atoms with van der Waals surface area (Å²) in [6.45, 7) is 0.849. The maximum Gasteiger partial charge on any atom is 0.359 e. The standard InChI is InChI=1S/C17H17BrN4O4S/c1-21(7-10-5-6-11(18)27-10)8-22-16(23)13-12(14(19-22)17(24)25-2)15(26-20-13)9-3-4-9/h5-6,9H,3-4,7-8H2,1-2H3. The number of carbonyl (C=O) groups is 1. The van der Waals surface area contributed by atoms with Gasteiger partial charge < -0.3 is 9.26 Å². The number of carbonyl (C=O) groups excluding carboxylic acids is 1. The van der Waals surface area contributed by atoms with E-state index >= 15 is 0 Å². The molecule has 0 spiro atoms. The van der Waals surface area contributed by atoms with Crippen molar-refractivity contribution in [1.82, 2.24) is 19.8 Å². The Labute approximate surface area is 166 Å². The van der Waals surface area contributed by atoms with Gasteiger partial charge >= 0.3 is 5.97 Å². The number of nitrogens with zero attached hydrogens (tertiary/aromatic N) is 4. The van der Waals surface area contributed by atoms with Gasteiger partial charge in [0.25, 0.3) is 5.56 Å². The summed E-state index contributed by atoms with van der Waals surface area (Å²) in [5.74, 6) is 0.137. The van der Waals surface area contributed by atoms with Gasteiger partial charge in [-0.15, -0.1) is 11.3 Å². The molecule has 10 heteroatoms. The maximum absolute atomic E-state index is 12.8. The highest BCUT2D eigenvalue weighted by Crippen LogP contribution is 2.43. The highest BCUT2D eigenvalue weighted by Gasteiger charge is 2.34. The molecule has 1 fully saturated rings. The van der Waals surface area contributed by atoms with Gasteiger partial charge in [0.2, 0.25) is 0 Å². The Morgan fingerprint density at radius 1 is 1.48 bits per heavy atom. The van der Waals surface area contributed by atoms with Crippen molar-refractivity contribution in [2.45, 2.75) is 32.0 Å². The summed E-state index contributed by atoms with van der Waals surface area (Å²) in [7, 11) is 3.17. The van der Waals surface area contributed by atoms with Gasteiger partial charge in [-0.1, -0.05) is 5.16 Å². The SMILES string of the molecule is COC(=O)c1nn(CN(C)Cc2ccc(Br)s2)c(=O)c2noc(C3CC3)c12. The number of ether oxygens (including phenoxy) is 1. The van der Waals surface area contributed by atoms with Crippen LogP contribution in [0.15, 0.2) is 25.2 Å². The number of fused-ring (bicyclic) bond motifs is 1. The Bertz CT molecular complexity index is 1070. The fourth-order valence-electron chi connectivity index (χ4n) is 2.96. The molecule has 0 saturated heterocycles. The van der Waals surface area contributed by atoms with E-state index in [2.05, 4.69) is 26.2 Å². The lowest BCUT2D eigenvalue weighted by atomic mass is 10.1. The zero-order valence-electron chi connectivity index (χ0n) is 14.8. The Hall–Kier alpha value is -2.04. The Morgan fingerprint density at radius 3 is 2.89 bits per heavy atom. The number of hydrogen-bond acceptors (Lipinski definition) is 8. The van der Waals surface area contributed by atoms with Crippen molar-refractivity contribution in [3.8, 4) is 0 Å². The van der Waals surface area contributed by atoms with Crippen LogP contribution in [0.25, 0.3) is 10.9 Å². The molecule has 0 atom stereocenters. The lowest BCUT2D eigenvalue weighted by Crippen LogP contribution is -2.33. The van der Waals surface area contributed by atoms with Gasteiger partial charge in [-0.2, -0.15) is 5.10 Å². The smallest absolute Gasteiger partial charge is 0.359 e. The van der Waals surface area contributed by atoms with Crippen molar-refractivity contribution in [1.29, 1.82) is 0 Å². The lowest BCUT2D eigenvalue weighted by molar-refractivity contribution is 0.0592. The van der Waals surface area contributed by atoms with Crippen LogP contribution in [0.2, 0.25) is 0 Å². The van der Waals surface area contributed by atoms with Gasteiger partial charge in [-0.3, -0.25) is 9.69 Å². The fourth-order valence-corrected chi connectivity index (χ4v) is 4.52. The van der Waals surface area contributed by atoms with Crippen LogP contribution in [0, 0.1) is 0 Å². The molecule has 1 aliphatic carbocycles. The molecule has 3 aromatic heterocycles. The minimum absolute atomic E-state index is 0.0718. The zero-order chi connectivity index (χ0) is 19.1. The van der Waals surface area contributed by atoms with E-state index in [1.54, 1.807) is 11.3 Å². The van der Waals surface area contributed by atoms with Gasteiger partial charge in [0.15, 0.2) is 11.2 Å². The van der Waals surface area contributed by atoms with Gasteiger partial charge in [0.05, 0.1) is 23.0 Å². The van der Waals surface area contributed by atoms with Gasteiger partial charge in [-0.25, -0.2) is 9.48 Å². The number of thiophene rings is 1.